The lowest BCUT2D eigenvalue weighted by Crippen LogP contribution is -2.35. The second-order valence-electron chi connectivity index (χ2n) is 8.65. The van der Waals surface area contributed by atoms with E-state index in [1.807, 2.05) is 43.4 Å². The summed E-state index contributed by atoms with van der Waals surface area (Å²) in [4.78, 5) is 14.2. The van der Waals surface area contributed by atoms with Crippen molar-refractivity contribution in [2.75, 3.05) is 7.05 Å². The van der Waals surface area contributed by atoms with Crippen molar-refractivity contribution in [3.05, 3.63) is 102 Å². The van der Waals surface area contributed by atoms with E-state index in [2.05, 4.69) is 35.7 Å². The molecule has 0 heterocycles. The number of fused-ring (bicyclic) bond motifs is 2. The fourth-order valence-electron chi connectivity index (χ4n) is 4.44. The van der Waals surface area contributed by atoms with Crippen LogP contribution in [0.15, 0.2) is 84.9 Å². The van der Waals surface area contributed by atoms with Gasteiger partial charge in [-0.2, -0.15) is 0 Å². The van der Waals surface area contributed by atoms with Crippen molar-refractivity contribution in [3.63, 3.8) is 0 Å². The number of hydrogen-bond donors (Lipinski definition) is 2. The van der Waals surface area contributed by atoms with Crippen LogP contribution < -0.4 is 5.46 Å². The molecular formula is C28H28BNO4. The van der Waals surface area contributed by atoms with Crippen LogP contribution in [0.3, 0.4) is 0 Å². The molecule has 4 aromatic carbocycles. The van der Waals surface area contributed by atoms with Crippen LogP contribution >= 0.6 is 0 Å². The number of benzene rings is 4. The Bertz CT molecular complexity index is 1310. The van der Waals surface area contributed by atoms with Gasteiger partial charge in [-0.15, -0.1) is 0 Å². The highest BCUT2D eigenvalue weighted by Crippen LogP contribution is 2.34. The Kier molecular flexibility index (Phi) is 7.13. The molecule has 0 aromatic heterocycles. The predicted molar refractivity (Wildman–Crippen MR) is 138 cm³/mol. The molecule has 5 nitrogen and oxygen atoms in total. The van der Waals surface area contributed by atoms with E-state index < -0.39 is 13.1 Å². The highest BCUT2D eigenvalue weighted by atomic mass is 16.5. The topological polar surface area (TPSA) is 70.0 Å². The molecule has 0 saturated heterocycles. The first-order valence-corrected chi connectivity index (χ1v) is 11.2. The van der Waals surface area contributed by atoms with E-state index in [4.69, 9.17) is 4.74 Å². The Labute approximate surface area is 200 Å². The van der Waals surface area contributed by atoms with Crippen molar-refractivity contribution in [1.29, 1.82) is 0 Å². The monoisotopic (exact) mass is 453 g/mol. The van der Waals surface area contributed by atoms with Gasteiger partial charge in [0.05, 0.1) is 0 Å². The highest BCUT2D eigenvalue weighted by molar-refractivity contribution is 6.59. The number of rotatable bonds is 8. The van der Waals surface area contributed by atoms with Gasteiger partial charge in [0.1, 0.15) is 6.61 Å². The predicted octanol–water partition coefficient (Wildman–Crippen LogP) is 3.92. The first-order chi connectivity index (χ1) is 16.4. The van der Waals surface area contributed by atoms with E-state index in [-0.39, 0.29) is 6.61 Å². The van der Waals surface area contributed by atoms with Crippen LogP contribution in [0, 0.1) is 0 Å². The molecule has 0 saturated carbocycles. The van der Waals surface area contributed by atoms with E-state index in [9.17, 15) is 14.8 Å². The summed E-state index contributed by atoms with van der Waals surface area (Å²) in [5.74, 6) is -0.401. The van der Waals surface area contributed by atoms with E-state index in [1.165, 1.54) is 5.56 Å². The van der Waals surface area contributed by atoms with Gasteiger partial charge < -0.3 is 14.8 Å². The molecule has 0 bridgehead atoms. The second kappa shape index (κ2) is 10.2. The maximum Gasteiger partial charge on any atom is 0.488 e. The van der Waals surface area contributed by atoms with E-state index in [0.717, 1.165) is 32.7 Å². The quantitative estimate of drug-likeness (QED) is 0.183. The molecule has 4 rings (SSSR count). The van der Waals surface area contributed by atoms with Crippen molar-refractivity contribution in [3.8, 4) is 0 Å². The van der Waals surface area contributed by atoms with Crippen molar-refractivity contribution >= 4 is 40.1 Å². The Morgan fingerprint density at radius 2 is 1.35 bits per heavy atom. The lowest BCUT2D eigenvalue weighted by molar-refractivity contribution is -0.140. The van der Waals surface area contributed by atoms with Crippen molar-refractivity contribution < 1.29 is 19.6 Å². The number of ether oxygens (including phenoxy) is 1. The van der Waals surface area contributed by atoms with Crippen LogP contribution in [0.5, 0.6) is 0 Å². The van der Waals surface area contributed by atoms with Crippen LogP contribution in [0.4, 0.5) is 0 Å². The fourth-order valence-corrected chi connectivity index (χ4v) is 4.44. The molecule has 2 N–H and O–H groups in total. The van der Waals surface area contributed by atoms with Gasteiger partial charge in [0.25, 0.3) is 0 Å². The van der Waals surface area contributed by atoms with Gasteiger partial charge in [-0.3, -0.25) is 4.90 Å². The van der Waals surface area contributed by atoms with Gasteiger partial charge in [-0.1, -0.05) is 79.4 Å². The smallest absolute Gasteiger partial charge is 0.457 e. The maximum absolute atomic E-state index is 12.1. The second-order valence-corrected chi connectivity index (χ2v) is 8.65. The van der Waals surface area contributed by atoms with E-state index in [0.29, 0.717) is 24.1 Å². The largest absolute Gasteiger partial charge is 0.488 e. The van der Waals surface area contributed by atoms with Crippen molar-refractivity contribution in [2.24, 2.45) is 0 Å². The highest BCUT2D eigenvalue weighted by Gasteiger charge is 2.19. The SMILES string of the molecule is C=C(C)C(=O)OCc1c2ccccc2c(CN(C)Cc2ccccc2B(O)O)c2ccccc12. The molecule has 0 atom stereocenters. The number of esters is 1. The third kappa shape index (κ3) is 4.89. The average Bonchev–Trinajstić information content (AvgIpc) is 2.83. The zero-order chi connectivity index (χ0) is 24.2. The number of nitrogens with zero attached hydrogens (tertiary/aromatic N) is 1. The summed E-state index contributed by atoms with van der Waals surface area (Å²) in [7, 11) is 0.513. The molecule has 34 heavy (non-hydrogen) atoms. The lowest BCUT2D eigenvalue weighted by Gasteiger charge is -2.23. The minimum Gasteiger partial charge on any atom is -0.457 e. The van der Waals surface area contributed by atoms with Crippen LogP contribution in [-0.4, -0.2) is 35.1 Å². The molecule has 0 unspecified atom stereocenters. The van der Waals surface area contributed by atoms with Crippen LogP contribution in [0.2, 0.25) is 0 Å². The van der Waals surface area contributed by atoms with Gasteiger partial charge in [0.15, 0.2) is 0 Å². The van der Waals surface area contributed by atoms with Gasteiger partial charge >= 0.3 is 13.1 Å². The molecule has 0 aliphatic carbocycles. The summed E-state index contributed by atoms with van der Waals surface area (Å²) >= 11 is 0. The molecule has 0 spiro atoms. The van der Waals surface area contributed by atoms with Crippen LogP contribution in [-0.2, 0) is 29.2 Å². The molecule has 4 aromatic rings. The standard InChI is InChI=1S/C28H28BNO4/c1-19(2)28(31)34-18-26-23-13-7-5-11-21(23)25(22-12-6-8-14-24(22)26)17-30(3)16-20-10-4-9-15-27(20)29(32)33/h4-15,32-33H,1,16-18H2,2-3H3. The van der Waals surface area contributed by atoms with Gasteiger partial charge in [-0.05, 0) is 52.1 Å². The molecule has 0 radical (unpaired) electrons. The first kappa shape index (κ1) is 23.7. The molecule has 0 aliphatic rings. The summed E-state index contributed by atoms with van der Waals surface area (Å²) in [5, 5.41) is 23.8. The molecular weight excluding hydrogens is 425 g/mol. The summed E-state index contributed by atoms with van der Waals surface area (Å²) < 4.78 is 5.55. The molecule has 0 amide bonds. The zero-order valence-corrected chi connectivity index (χ0v) is 19.5. The summed E-state index contributed by atoms with van der Waals surface area (Å²) in [6.07, 6.45) is 0. The van der Waals surface area contributed by atoms with Gasteiger partial charge in [-0.25, -0.2) is 4.79 Å². The first-order valence-electron chi connectivity index (χ1n) is 11.2. The fraction of sp³-hybridized carbons (Fsp3) is 0.179. The third-order valence-corrected chi connectivity index (χ3v) is 6.05. The van der Waals surface area contributed by atoms with Crippen LogP contribution in [0.1, 0.15) is 23.6 Å². The van der Waals surface area contributed by atoms with Gasteiger partial charge in [0.2, 0.25) is 0 Å². The van der Waals surface area contributed by atoms with E-state index in [1.54, 1.807) is 19.1 Å². The van der Waals surface area contributed by atoms with E-state index >= 15 is 0 Å². The van der Waals surface area contributed by atoms with Crippen LogP contribution in [0.25, 0.3) is 21.5 Å². The minimum atomic E-state index is -1.51. The third-order valence-electron chi connectivity index (χ3n) is 6.05. The summed E-state index contributed by atoms with van der Waals surface area (Å²) in [6, 6.07) is 23.7. The Morgan fingerprint density at radius 1 is 0.853 bits per heavy atom. The number of carbonyl (C=O) groups is 1. The molecule has 0 aliphatic heterocycles. The Balaban J connectivity index is 1.76. The number of hydrogen-bond acceptors (Lipinski definition) is 5. The number of carbonyl (C=O) groups excluding carboxylic acids is 1. The average molecular weight is 453 g/mol. The van der Waals surface area contributed by atoms with Gasteiger partial charge in [0, 0.05) is 24.2 Å². The molecule has 0 fully saturated rings. The molecule has 172 valence electrons. The van der Waals surface area contributed by atoms with Crippen molar-refractivity contribution in [1.82, 2.24) is 4.90 Å². The summed E-state index contributed by atoms with van der Waals surface area (Å²) in [5.41, 5.74) is 3.91. The Morgan fingerprint density at radius 3 is 1.88 bits per heavy atom. The van der Waals surface area contributed by atoms with Crippen molar-refractivity contribution in [2.45, 2.75) is 26.6 Å². The molecule has 6 heteroatoms. The minimum absolute atomic E-state index is 0.171. The zero-order valence-electron chi connectivity index (χ0n) is 19.5. The Hall–Kier alpha value is -3.45. The maximum atomic E-state index is 12.1. The lowest BCUT2D eigenvalue weighted by atomic mass is 9.77. The normalized spacial score (nSPS) is 11.2. The summed E-state index contributed by atoms with van der Waals surface area (Å²) in [6.45, 7) is 6.71.